The van der Waals surface area contributed by atoms with E-state index in [1.807, 2.05) is 13.8 Å². The van der Waals surface area contributed by atoms with Gasteiger partial charge in [-0.1, -0.05) is 69.9 Å². The summed E-state index contributed by atoms with van der Waals surface area (Å²) in [6, 6.07) is 15.3. The molecule has 0 saturated carbocycles. The van der Waals surface area contributed by atoms with Crippen molar-refractivity contribution in [3.8, 4) is 11.5 Å². The molecule has 2 aromatic carbocycles. The molecule has 0 aliphatic rings. The summed E-state index contributed by atoms with van der Waals surface area (Å²) in [4.78, 5) is 0. The zero-order valence-corrected chi connectivity index (χ0v) is 19.0. The van der Waals surface area contributed by atoms with Gasteiger partial charge in [0.2, 0.25) is 0 Å². The van der Waals surface area contributed by atoms with Crippen LogP contribution < -0.4 is 9.47 Å². The van der Waals surface area contributed by atoms with E-state index in [2.05, 4.69) is 56.3 Å². The van der Waals surface area contributed by atoms with Crippen LogP contribution in [0.25, 0.3) is 0 Å². The third-order valence-electron chi connectivity index (χ3n) is 5.66. The highest BCUT2D eigenvalue weighted by molar-refractivity contribution is 5.49. The molecule has 29 heavy (non-hydrogen) atoms. The fourth-order valence-electron chi connectivity index (χ4n) is 3.96. The second kappa shape index (κ2) is 13.3. The van der Waals surface area contributed by atoms with Gasteiger partial charge >= 0.3 is 0 Å². The average molecular weight is 397 g/mol. The van der Waals surface area contributed by atoms with Gasteiger partial charge in [-0.25, -0.2) is 0 Å². The Labute approximate surface area is 178 Å². The van der Waals surface area contributed by atoms with Gasteiger partial charge in [-0.05, 0) is 68.7 Å². The van der Waals surface area contributed by atoms with Crippen molar-refractivity contribution in [2.75, 3.05) is 13.2 Å². The quantitative estimate of drug-likeness (QED) is 0.304. The second-order valence-electron chi connectivity index (χ2n) is 7.91. The molecule has 0 fully saturated rings. The van der Waals surface area contributed by atoms with Crippen LogP contribution in [0, 0.1) is 0 Å². The maximum absolute atomic E-state index is 5.93. The first-order valence-electron chi connectivity index (χ1n) is 11.7. The zero-order valence-electron chi connectivity index (χ0n) is 19.0. The van der Waals surface area contributed by atoms with E-state index in [-0.39, 0.29) is 0 Å². The number of aryl methyl sites for hydroxylation is 1. The van der Waals surface area contributed by atoms with Gasteiger partial charge in [0.25, 0.3) is 0 Å². The first kappa shape index (κ1) is 23.3. The molecule has 0 radical (unpaired) electrons. The average Bonchev–Trinajstić information content (AvgIpc) is 2.74. The van der Waals surface area contributed by atoms with Crippen LogP contribution >= 0.6 is 0 Å². The molecule has 0 unspecified atom stereocenters. The molecular formula is C27H40O2. The van der Waals surface area contributed by atoms with E-state index in [0.29, 0.717) is 19.1 Å². The van der Waals surface area contributed by atoms with Crippen LogP contribution in [0.5, 0.6) is 11.5 Å². The molecule has 0 heterocycles. The van der Waals surface area contributed by atoms with E-state index in [1.165, 1.54) is 61.6 Å². The van der Waals surface area contributed by atoms with Gasteiger partial charge in [-0.2, -0.15) is 0 Å². The molecule has 0 bridgehead atoms. The summed E-state index contributed by atoms with van der Waals surface area (Å²) in [5.41, 5.74) is 4.01. The molecular weight excluding hydrogens is 356 g/mol. The maximum Gasteiger partial charge on any atom is 0.126 e. The van der Waals surface area contributed by atoms with E-state index in [1.54, 1.807) is 0 Å². The van der Waals surface area contributed by atoms with Crippen molar-refractivity contribution < 1.29 is 9.47 Å². The maximum atomic E-state index is 5.93. The minimum Gasteiger partial charge on any atom is -0.493 e. The summed E-state index contributed by atoms with van der Waals surface area (Å²) in [5, 5.41) is 0. The molecule has 0 N–H and O–H groups in total. The number of benzene rings is 2. The highest BCUT2D eigenvalue weighted by atomic mass is 16.5. The molecule has 0 aromatic heterocycles. The molecule has 2 heteroatoms. The monoisotopic (exact) mass is 396 g/mol. The lowest BCUT2D eigenvalue weighted by atomic mass is 9.92. The van der Waals surface area contributed by atoms with Crippen molar-refractivity contribution in [3.63, 3.8) is 0 Å². The van der Waals surface area contributed by atoms with Crippen LogP contribution in [0.1, 0.15) is 88.8 Å². The van der Waals surface area contributed by atoms with Gasteiger partial charge in [-0.3, -0.25) is 0 Å². The lowest BCUT2D eigenvalue weighted by Gasteiger charge is -2.19. The van der Waals surface area contributed by atoms with E-state index in [0.717, 1.165) is 17.9 Å². The van der Waals surface area contributed by atoms with Gasteiger partial charge in [-0.15, -0.1) is 0 Å². The molecule has 2 aromatic rings. The van der Waals surface area contributed by atoms with E-state index < -0.39 is 0 Å². The SMILES string of the molecule is CCOc1cc([C@@H](C)CCCCCCCc2ccccc2)cc(OCC)c1CC. The lowest BCUT2D eigenvalue weighted by Crippen LogP contribution is -2.04. The Morgan fingerprint density at radius 2 is 1.34 bits per heavy atom. The van der Waals surface area contributed by atoms with Crippen LogP contribution in [0.2, 0.25) is 0 Å². The summed E-state index contributed by atoms with van der Waals surface area (Å²) in [6.07, 6.45) is 9.94. The first-order valence-corrected chi connectivity index (χ1v) is 11.7. The normalized spacial score (nSPS) is 12.0. The van der Waals surface area contributed by atoms with E-state index in [9.17, 15) is 0 Å². The molecule has 160 valence electrons. The third-order valence-corrected chi connectivity index (χ3v) is 5.66. The Bertz CT molecular complexity index is 666. The molecule has 0 amide bonds. The Balaban J connectivity index is 1.79. The molecule has 0 spiro atoms. The van der Waals surface area contributed by atoms with Crippen LogP contribution in [-0.2, 0) is 12.8 Å². The highest BCUT2D eigenvalue weighted by Gasteiger charge is 2.15. The van der Waals surface area contributed by atoms with E-state index >= 15 is 0 Å². The van der Waals surface area contributed by atoms with Crippen molar-refractivity contribution in [2.45, 2.75) is 85.0 Å². The van der Waals surface area contributed by atoms with Crippen LogP contribution in [0.15, 0.2) is 42.5 Å². The predicted molar refractivity (Wildman–Crippen MR) is 124 cm³/mol. The fourth-order valence-corrected chi connectivity index (χ4v) is 3.96. The number of unbranched alkanes of at least 4 members (excludes halogenated alkanes) is 4. The van der Waals surface area contributed by atoms with Gasteiger partial charge in [0.1, 0.15) is 11.5 Å². The van der Waals surface area contributed by atoms with Gasteiger partial charge in [0, 0.05) is 5.56 Å². The summed E-state index contributed by atoms with van der Waals surface area (Å²) in [5.74, 6) is 2.54. The van der Waals surface area contributed by atoms with Gasteiger partial charge < -0.3 is 9.47 Å². The standard InChI is InChI=1S/C27H40O2/c1-5-25-26(28-6-2)20-24(21-27(25)29-7-3)22(4)16-12-9-8-10-13-17-23-18-14-11-15-19-23/h11,14-15,18-22H,5-10,12-13,16-17H2,1-4H3/t22-/m0/s1. The van der Waals surface area contributed by atoms with Crippen LogP contribution in [0.3, 0.4) is 0 Å². The summed E-state index contributed by atoms with van der Waals surface area (Å²) in [6.45, 7) is 9.99. The van der Waals surface area contributed by atoms with E-state index in [4.69, 9.17) is 9.47 Å². The van der Waals surface area contributed by atoms with Crippen LogP contribution in [0.4, 0.5) is 0 Å². The fraction of sp³-hybridized carbons (Fsp3) is 0.556. The second-order valence-corrected chi connectivity index (χ2v) is 7.91. The summed E-state index contributed by atoms with van der Waals surface area (Å²) < 4.78 is 11.9. The van der Waals surface area contributed by atoms with Crippen molar-refractivity contribution in [3.05, 3.63) is 59.2 Å². The lowest BCUT2D eigenvalue weighted by molar-refractivity contribution is 0.316. The van der Waals surface area contributed by atoms with Crippen molar-refractivity contribution in [2.24, 2.45) is 0 Å². The Kier molecular flexibility index (Phi) is 10.7. The number of rotatable bonds is 14. The third kappa shape index (κ3) is 7.76. The predicted octanol–water partition coefficient (Wildman–Crippen LogP) is 7.73. The summed E-state index contributed by atoms with van der Waals surface area (Å²) in [7, 11) is 0. The molecule has 1 atom stereocenters. The van der Waals surface area contributed by atoms with Gasteiger partial charge in [0.05, 0.1) is 13.2 Å². The number of hydrogen-bond acceptors (Lipinski definition) is 2. The van der Waals surface area contributed by atoms with Crippen molar-refractivity contribution >= 4 is 0 Å². The number of hydrogen-bond donors (Lipinski definition) is 0. The largest absolute Gasteiger partial charge is 0.493 e. The van der Waals surface area contributed by atoms with Crippen molar-refractivity contribution in [1.82, 2.24) is 0 Å². The molecule has 0 aliphatic carbocycles. The Morgan fingerprint density at radius 3 is 1.93 bits per heavy atom. The topological polar surface area (TPSA) is 18.5 Å². The summed E-state index contributed by atoms with van der Waals surface area (Å²) >= 11 is 0. The molecule has 2 rings (SSSR count). The molecule has 2 nitrogen and oxygen atoms in total. The molecule has 0 aliphatic heterocycles. The Hall–Kier alpha value is -1.96. The minimum absolute atomic E-state index is 0.531. The van der Waals surface area contributed by atoms with Crippen molar-refractivity contribution in [1.29, 1.82) is 0 Å². The van der Waals surface area contributed by atoms with Gasteiger partial charge in [0.15, 0.2) is 0 Å². The Morgan fingerprint density at radius 1 is 0.759 bits per heavy atom. The number of ether oxygens (including phenoxy) is 2. The minimum atomic E-state index is 0.531. The van der Waals surface area contributed by atoms with Crippen LogP contribution in [-0.4, -0.2) is 13.2 Å². The first-order chi connectivity index (χ1) is 14.2. The highest BCUT2D eigenvalue weighted by Crippen LogP contribution is 2.35. The smallest absolute Gasteiger partial charge is 0.126 e. The zero-order chi connectivity index (χ0) is 20.9. The molecule has 0 saturated heterocycles.